The van der Waals surface area contributed by atoms with Crippen LogP contribution in [-0.2, 0) is 14.3 Å². The first kappa shape index (κ1) is 22.2. The van der Waals surface area contributed by atoms with E-state index >= 15 is 0 Å². The Hall–Kier alpha value is -5.05. The number of hydrogen-bond acceptors (Lipinski definition) is 8. The number of amides is 2. The summed E-state index contributed by atoms with van der Waals surface area (Å²) in [5.74, 6) is -1.41. The van der Waals surface area contributed by atoms with Gasteiger partial charge in [-0.05, 0) is 42.5 Å². The van der Waals surface area contributed by atoms with Crippen molar-refractivity contribution in [1.82, 2.24) is 25.6 Å². The molecular formula is C22H18N8O4. The van der Waals surface area contributed by atoms with Gasteiger partial charge < -0.3 is 20.4 Å². The number of carbonyl (C=O) groups is 3. The molecule has 0 radical (unpaired) electrons. The molecule has 12 heteroatoms. The van der Waals surface area contributed by atoms with Crippen molar-refractivity contribution in [3.63, 3.8) is 0 Å². The predicted molar refractivity (Wildman–Crippen MR) is 120 cm³/mol. The summed E-state index contributed by atoms with van der Waals surface area (Å²) in [7, 11) is 0. The van der Waals surface area contributed by atoms with Gasteiger partial charge in [0.05, 0.1) is 35.1 Å². The van der Waals surface area contributed by atoms with Crippen LogP contribution >= 0.6 is 0 Å². The number of ether oxygens (including phenoxy) is 1. The largest absolute Gasteiger partial charge is 0.466 e. The van der Waals surface area contributed by atoms with Gasteiger partial charge in [0.25, 0.3) is 5.91 Å². The molecule has 0 aliphatic heterocycles. The second-order valence-corrected chi connectivity index (χ2v) is 7.04. The van der Waals surface area contributed by atoms with Crippen LogP contribution in [0.15, 0.2) is 42.5 Å². The molecule has 0 saturated carbocycles. The maximum atomic E-state index is 13.0. The molecule has 34 heavy (non-hydrogen) atoms. The Morgan fingerprint density at radius 2 is 1.97 bits per heavy atom. The lowest BCUT2D eigenvalue weighted by molar-refractivity contribution is -0.145. The van der Waals surface area contributed by atoms with Crippen molar-refractivity contribution in [1.29, 1.82) is 5.26 Å². The number of anilines is 2. The molecule has 0 spiro atoms. The van der Waals surface area contributed by atoms with Crippen molar-refractivity contribution >= 4 is 40.1 Å². The Kier molecular flexibility index (Phi) is 6.26. The number of esters is 1. The van der Waals surface area contributed by atoms with E-state index in [2.05, 4.69) is 36.2 Å². The topological polar surface area (TPSA) is 179 Å². The normalized spacial score (nSPS) is 10.5. The van der Waals surface area contributed by atoms with Crippen LogP contribution in [0.2, 0.25) is 0 Å². The van der Waals surface area contributed by atoms with E-state index < -0.39 is 24.2 Å². The van der Waals surface area contributed by atoms with Gasteiger partial charge in [-0.2, -0.15) is 10.5 Å². The molecule has 170 valence electrons. The summed E-state index contributed by atoms with van der Waals surface area (Å²) in [5, 5.41) is 29.0. The van der Waals surface area contributed by atoms with Crippen LogP contribution in [0.3, 0.4) is 0 Å². The molecule has 2 heterocycles. The zero-order chi connectivity index (χ0) is 24.1. The van der Waals surface area contributed by atoms with Crippen molar-refractivity contribution in [3.05, 3.63) is 53.7 Å². The van der Waals surface area contributed by atoms with Gasteiger partial charge in [-0.3, -0.25) is 14.4 Å². The molecule has 2 aromatic heterocycles. The van der Waals surface area contributed by atoms with E-state index in [1.807, 2.05) is 6.07 Å². The van der Waals surface area contributed by atoms with E-state index in [4.69, 9.17) is 4.74 Å². The lowest BCUT2D eigenvalue weighted by Gasteiger charge is -2.08. The number of nitriles is 1. The van der Waals surface area contributed by atoms with Crippen LogP contribution in [0.5, 0.6) is 0 Å². The number of hydrogen-bond donors (Lipinski definition) is 4. The number of rotatable bonds is 7. The number of para-hydroxylation sites is 1. The van der Waals surface area contributed by atoms with Gasteiger partial charge in [0.15, 0.2) is 0 Å². The molecule has 12 nitrogen and oxygen atoms in total. The summed E-state index contributed by atoms with van der Waals surface area (Å²) in [5.41, 5.74) is 2.33. The number of fused-ring (bicyclic) bond motifs is 1. The predicted octanol–water partition coefficient (Wildman–Crippen LogP) is 2.36. The van der Waals surface area contributed by atoms with E-state index in [0.29, 0.717) is 33.4 Å². The molecule has 4 N–H and O–H groups in total. The fraction of sp³-hybridized carbons (Fsp3) is 0.136. The SMILES string of the molecule is CCOC(=O)CC(=O)Nc1cccc2cc(C(=O)Nc3ccc(C#N)cc3-c3nn[nH]n3)[nH]c12. The summed E-state index contributed by atoms with van der Waals surface area (Å²) in [6.07, 6.45) is -0.421. The minimum atomic E-state index is -0.626. The second kappa shape index (κ2) is 9.61. The van der Waals surface area contributed by atoms with E-state index in [0.717, 1.165) is 0 Å². The maximum absolute atomic E-state index is 13.0. The number of nitrogens with zero attached hydrogens (tertiary/aromatic N) is 4. The molecule has 2 amide bonds. The van der Waals surface area contributed by atoms with Gasteiger partial charge in [0.2, 0.25) is 11.7 Å². The van der Waals surface area contributed by atoms with Crippen molar-refractivity contribution in [2.24, 2.45) is 0 Å². The Labute approximate surface area is 192 Å². The number of carbonyl (C=O) groups excluding carboxylic acids is 3. The molecule has 0 aliphatic rings. The summed E-state index contributed by atoms with van der Waals surface area (Å²) in [6, 6.07) is 13.5. The summed E-state index contributed by atoms with van der Waals surface area (Å²) in [6.45, 7) is 1.84. The van der Waals surface area contributed by atoms with Crippen molar-refractivity contribution in [2.75, 3.05) is 17.2 Å². The Morgan fingerprint density at radius 3 is 2.71 bits per heavy atom. The highest BCUT2D eigenvalue weighted by atomic mass is 16.5. The van der Waals surface area contributed by atoms with Gasteiger partial charge in [-0.15, -0.1) is 10.2 Å². The van der Waals surface area contributed by atoms with Gasteiger partial charge in [0, 0.05) is 10.9 Å². The van der Waals surface area contributed by atoms with Crippen LogP contribution in [-0.4, -0.2) is 50.0 Å². The van der Waals surface area contributed by atoms with E-state index in [-0.39, 0.29) is 18.1 Å². The highest BCUT2D eigenvalue weighted by molar-refractivity contribution is 6.10. The van der Waals surface area contributed by atoms with Crippen molar-refractivity contribution in [2.45, 2.75) is 13.3 Å². The molecule has 4 aromatic rings. The van der Waals surface area contributed by atoms with Gasteiger partial charge >= 0.3 is 5.97 Å². The monoisotopic (exact) mass is 458 g/mol. The first-order valence-electron chi connectivity index (χ1n) is 10.1. The van der Waals surface area contributed by atoms with Crippen LogP contribution in [0.4, 0.5) is 11.4 Å². The fourth-order valence-electron chi connectivity index (χ4n) is 3.29. The first-order valence-corrected chi connectivity index (χ1v) is 10.1. The van der Waals surface area contributed by atoms with Crippen LogP contribution in [0.25, 0.3) is 22.3 Å². The third-order valence-corrected chi connectivity index (χ3v) is 4.77. The number of tetrazole rings is 1. The highest BCUT2D eigenvalue weighted by Crippen LogP contribution is 2.28. The zero-order valence-electron chi connectivity index (χ0n) is 17.9. The van der Waals surface area contributed by atoms with Gasteiger partial charge in [-0.1, -0.05) is 12.1 Å². The number of aromatic amines is 2. The average Bonchev–Trinajstić information content (AvgIpc) is 3.50. The Morgan fingerprint density at radius 1 is 1.12 bits per heavy atom. The molecule has 0 bridgehead atoms. The molecule has 0 fully saturated rings. The summed E-state index contributed by atoms with van der Waals surface area (Å²) >= 11 is 0. The molecular weight excluding hydrogens is 440 g/mol. The van der Waals surface area contributed by atoms with Crippen LogP contribution < -0.4 is 10.6 Å². The molecule has 2 aromatic carbocycles. The minimum Gasteiger partial charge on any atom is -0.466 e. The standard InChI is InChI=1S/C22H18N8O4/c1-2-34-19(32)10-18(31)24-16-5-3-4-13-9-17(25-20(13)16)22(33)26-15-7-6-12(11-23)8-14(15)21-27-29-30-28-21/h3-9,25H,2,10H2,1H3,(H,24,31)(H,26,33)(H,27,28,29,30). The lowest BCUT2D eigenvalue weighted by atomic mass is 10.1. The van der Waals surface area contributed by atoms with E-state index in [1.54, 1.807) is 49.4 Å². The molecule has 0 saturated heterocycles. The number of aromatic nitrogens is 5. The average molecular weight is 458 g/mol. The number of benzene rings is 2. The van der Waals surface area contributed by atoms with Crippen LogP contribution in [0.1, 0.15) is 29.4 Å². The van der Waals surface area contributed by atoms with Crippen molar-refractivity contribution in [3.8, 4) is 17.5 Å². The summed E-state index contributed by atoms with van der Waals surface area (Å²) < 4.78 is 4.79. The smallest absolute Gasteiger partial charge is 0.315 e. The van der Waals surface area contributed by atoms with Crippen LogP contribution in [0, 0.1) is 11.3 Å². The Balaban J connectivity index is 1.58. The number of nitrogens with one attached hydrogen (secondary N) is 4. The number of H-pyrrole nitrogens is 2. The van der Waals surface area contributed by atoms with Gasteiger partial charge in [-0.25, -0.2) is 0 Å². The lowest BCUT2D eigenvalue weighted by Crippen LogP contribution is -2.18. The highest BCUT2D eigenvalue weighted by Gasteiger charge is 2.18. The Bertz CT molecular complexity index is 1420. The minimum absolute atomic E-state index is 0.185. The van der Waals surface area contributed by atoms with Gasteiger partial charge in [0.1, 0.15) is 12.1 Å². The quantitative estimate of drug-likeness (QED) is 0.241. The molecule has 0 aliphatic carbocycles. The second-order valence-electron chi connectivity index (χ2n) is 7.04. The third kappa shape index (κ3) is 4.73. The molecule has 0 unspecified atom stereocenters. The fourth-order valence-corrected chi connectivity index (χ4v) is 3.29. The zero-order valence-corrected chi connectivity index (χ0v) is 17.9. The maximum Gasteiger partial charge on any atom is 0.315 e. The molecule has 4 rings (SSSR count). The van der Waals surface area contributed by atoms with E-state index in [1.165, 1.54) is 0 Å². The third-order valence-electron chi connectivity index (χ3n) is 4.77. The van der Waals surface area contributed by atoms with Crippen molar-refractivity contribution < 1.29 is 19.1 Å². The summed E-state index contributed by atoms with van der Waals surface area (Å²) in [4.78, 5) is 39.7. The first-order chi connectivity index (χ1) is 16.5. The molecule has 0 atom stereocenters. The van der Waals surface area contributed by atoms with E-state index in [9.17, 15) is 19.6 Å².